The van der Waals surface area contributed by atoms with Gasteiger partial charge in [0, 0.05) is 25.8 Å². The van der Waals surface area contributed by atoms with Crippen LogP contribution in [0.1, 0.15) is 17.9 Å². The van der Waals surface area contributed by atoms with Crippen molar-refractivity contribution in [2.45, 2.75) is 19.1 Å². The molecule has 7 nitrogen and oxygen atoms in total. The molecule has 0 spiro atoms. The van der Waals surface area contributed by atoms with Gasteiger partial charge in [0.2, 0.25) is 17.6 Å². The summed E-state index contributed by atoms with van der Waals surface area (Å²) in [6.07, 6.45) is -3.67. The molecular formula is C17H21F3N4O3. The maximum Gasteiger partial charge on any atom is 0.416 e. The number of amides is 1. The van der Waals surface area contributed by atoms with E-state index in [-0.39, 0.29) is 30.7 Å². The summed E-state index contributed by atoms with van der Waals surface area (Å²) >= 11 is 0. The Balaban J connectivity index is 1.87. The standard InChI is InChI=1S/C17H21F3N4O3/c1-24(10-14(25)21-8-3-9-26-2)11-15-22-16(23-27-15)12-4-6-13(7-5-12)17(18,19)20/h4-7H,3,8-11H2,1-2H3,(H,21,25). The zero-order valence-corrected chi connectivity index (χ0v) is 15.0. The highest BCUT2D eigenvalue weighted by Crippen LogP contribution is 2.30. The van der Waals surface area contributed by atoms with Gasteiger partial charge in [-0.15, -0.1) is 0 Å². The van der Waals surface area contributed by atoms with Crippen LogP contribution < -0.4 is 5.32 Å². The Kier molecular flexibility index (Phi) is 7.31. The van der Waals surface area contributed by atoms with E-state index >= 15 is 0 Å². The minimum absolute atomic E-state index is 0.143. The van der Waals surface area contributed by atoms with E-state index in [0.29, 0.717) is 18.7 Å². The quantitative estimate of drug-likeness (QED) is 0.667. The lowest BCUT2D eigenvalue weighted by molar-refractivity contribution is -0.137. The number of rotatable bonds is 9. The van der Waals surface area contributed by atoms with E-state index in [0.717, 1.165) is 18.6 Å². The molecule has 2 rings (SSSR count). The van der Waals surface area contributed by atoms with Crippen molar-refractivity contribution >= 4 is 5.91 Å². The molecule has 0 aliphatic heterocycles. The normalized spacial score (nSPS) is 11.8. The minimum atomic E-state index is -4.40. The fraction of sp³-hybridized carbons (Fsp3) is 0.471. The van der Waals surface area contributed by atoms with Crippen LogP contribution in [-0.2, 0) is 22.3 Å². The Morgan fingerprint density at radius 1 is 1.30 bits per heavy atom. The van der Waals surface area contributed by atoms with Crippen molar-refractivity contribution < 1.29 is 27.2 Å². The van der Waals surface area contributed by atoms with E-state index in [2.05, 4.69) is 15.5 Å². The number of methoxy groups -OCH3 is 1. The smallest absolute Gasteiger partial charge is 0.385 e. The van der Waals surface area contributed by atoms with Gasteiger partial charge in [0.15, 0.2) is 0 Å². The number of likely N-dealkylation sites (N-methyl/N-ethyl adjacent to an activating group) is 1. The molecular weight excluding hydrogens is 365 g/mol. The van der Waals surface area contributed by atoms with E-state index in [1.807, 2.05) is 0 Å². The Morgan fingerprint density at radius 2 is 2.00 bits per heavy atom. The predicted octanol–water partition coefficient (Wildman–Crippen LogP) is 2.34. The molecule has 10 heteroatoms. The van der Waals surface area contributed by atoms with E-state index in [9.17, 15) is 18.0 Å². The number of carbonyl (C=O) groups is 1. The van der Waals surface area contributed by atoms with Crippen molar-refractivity contribution in [2.24, 2.45) is 0 Å². The van der Waals surface area contributed by atoms with Crippen molar-refractivity contribution in [1.82, 2.24) is 20.4 Å². The first-order valence-corrected chi connectivity index (χ1v) is 8.24. The van der Waals surface area contributed by atoms with Crippen LogP contribution in [0.2, 0.25) is 0 Å². The molecule has 0 aliphatic rings. The number of nitrogens with zero attached hydrogens (tertiary/aromatic N) is 3. The fourth-order valence-electron chi connectivity index (χ4n) is 2.28. The Hall–Kier alpha value is -2.46. The summed E-state index contributed by atoms with van der Waals surface area (Å²) in [7, 11) is 3.32. The summed E-state index contributed by atoms with van der Waals surface area (Å²) in [4.78, 5) is 17.6. The molecule has 0 unspecified atom stereocenters. The van der Waals surface area contributed by atoms with Gasteiger partial charge in [-0.1, -0.05) is 17.3 Å². The van der Waals surface area contributed by atoms with Gasteiger partial charge in [-0.05, 0) is 25.6 Å². The highest BCUT2D eigenvalue weighted by atomic mass is 19.4. The largest absolute Gasteiger partial charge is 0.416 e. The second kappa shape index (κ2) is 9.47. The molecule has 0 bridgehead atoms. The summed E-state index contributed by atoms with van der Waals surface area (Å²) in [6, 6.07) is 4.50. The second-order valence-electron chi connectivity index (χ2n) is 5.96. The van der Waals surface area contributed by atoms with Gasteiger partial charge in [0.25, 0.3) is 0 Å². The molecule has 1 N–H and O–H groups in total. The number of hydrogen-bond acceptors (Lipinski definition) is 6. The molecule has 1 aromatic heterocycles. The third kappa shape index (κ3) is 6.65. The van der Waals surface area contributed by atoms with Gasteiger partial charge in [-0.3, -0.25) is 9.69 Å². The number of ether oxygens (including phenoxy) is 1. The number of hydrogen-bond donors (Lipinski definition) is 1. The first-order chi connectivity index (χ1) is 12.8. The third-order valence-electron chi connectivity index (χ3n) is 3.60. The minimum Gasteiger partial charge on any atom is -0.385 e. The number of aromatic nitrogens is 2. The molecule has 0 fully saturated rings. The van der Waals surface area contributed by atoms with Crippen LogP contribution in [0, 0.1) is 0 Å². The van der Waals surface area contributed by atoms with Crippen LogP contribution in [0.25, 0.3) is 11.4 Å². The molecule has 2 aromatic rings. The van der Waals surface area contributed by atoms with Gasteiger partial charge in [0.1, 0.15) is 0 Å². The number of halogens is 3. The summed E-state index contributed by atoms with van der Waals surface area (Å²) in [5, 5.41) is 6.54. The fourth-order valence-corrected chi connectivity index (χ4v) is 2.28. The molecule has 0 saturated carbocycles. The van der Waals surface area contributed by atoms with Gasteiger partial charge < -0.3 is 14.6 Å². The first-order valence-electron chi connectivity index (χ1n) is 8.24. The highest BCUT2D eigenvalue weighted by Gasteiger charge is 2.30. The van der Waals surface area contributed by atoms with Crippen molar-refractivity contribution in [3.05, 3.63) is 35.7 Å². The molecule has 1 heterocycles. The van der Waals surface area contributed by atoms with Crippen LogP contribution in [0.15, 0.2) is 28.8 Å². The molecule has 1 aromatic carbocycles. The predicted molar refractivity (Wildman–Crippen MR) is 90.6 cm³/mol. The second-order valence-corrected chi connectivity index (χ2v) is 5.96. The van der Waals surface area contributed by atoms with Gasteiger partial charge >= 0.3 is 6.18 Å². The first kappa shape index (κ1) is 20.8. The van der Waals surface area contributed by atoms with E-state index in [1.165, 1.54) is 12.1 Å². The SMILES string of the molecule is COCCCNC(=O)CN(C)Cc1nc(-c2ccc(C(F)(F)F)cc2)no1. The van der Waals surface area contributed by atoms with E-state index in [1.54, 1.807) is 19.1 Å². The molecule has 0 saturated heterocycles. The van der Waals surface area contributed by atoms with Crippen LogP contribution in [-0.4, -0.2) is 54.8 Å². The number of alkyl halides is 3. The van der Waals surface area contributed by atoms with Crippen molar-refractivity contribution in [2.75, 3.05) is 33.9 Å². The molecule has 0 aliphatic carbocycles. The average molecular weight is 386 g/mol. The zero-order chi connectivity index (χ0) is 19.9. The Morgan fingerprint density at radius 3 is 2.63 bits per heavy atom. The zero-order valence-electron chi connectivity index (χ0n) is 15.0. The maximum absolute atomic E-state index is 12.6. The molecule has 0 radical (unpaired) electrons. The van der Waals surface area contributed by atoms with Crippen molar-refractivity contribution in [3.63, 3.8) is 0 Å². The van der Waals surface area contributed by atoms with Crippen molar-refractivity contribution in [3.8, 4) is 11.4 Å². The Bertz CT molecular complexity index is 732. The monoisotopic (exact) mass is 386 g/mol. The van der Waals surface area contributed by atoms with Gasteiger partial charge in [0.05, 0.1) is 18.7 Å². The van der Waals surface area contributed by atoms with Crippen molar-refractivity contribution in [1.29, 1.82) is 0 Å². The number of nitrogens with one attached hydrogen (secondary N) is 1. The number of carbonyl (C=O) groups excluding carboxylic acids is 1. The molecule has 27 heavy (non-hydrogen) atoms. The summed E-state index contributed by atoms with van der Waals surface area (Å²) in [5.74, 6) is 0.312. The molecule has 0 atom stereocenters. The van der Waals surface area contributed by atoms with Gasteiger partial charge in [-0.25, -0.2) is 0 Å². The molecule has 148 valence electrons. The van der Waals surface area contributed by atoms with Gasteiger partial charge in [-0.2, -0.15) is 18.2 Å². The number of benzene rings is 1. The lowest BCUT2D eigenvalue weighted by Gasteiger charge is -2.13. The van der Waals surface area contributed by atoms with Crippen LogP contribution in [0.4, 0.5) is 13.2 Å². The van der Waals surface area contributed by atoms with Crippen LogP contribution >= 0.6 is 0 Å². The maximum atomic E-state index is 12.6. The summed E-state index contributed by atoms with van der Waals surface area (Å²) < 4.78 is 47.8. The summed E-state index contributed by atoms with van der Waals surface area (Å²) in [5.41, 5.74) is -0.331. The summed E-state index contributed by atoms with van der Waals surface area (Å²) in [6.45, 7) is 1.48. The van der Waals surface area contributed by atoms with E-state index < -0.39 is 11.7 Å². The Labute approximate surface area is 154 Å². The third-order valence-corrected chi connectivity index (χ3v) is 3.60. The van der Waals surface area contributed by atoms with Crippen LogP contribution in [0.5, 0.6) is 0 Å². The topological polar surface area (TPSA) is 80.5 Å². The van der Waals surface area contributed by atoms with Crippen LogP contribution in [0.3, 0.4) is 0 Å². The molecule has 1 amide bonds. The van der Waals surface area contributed by atoms with E-state index in [4.69, 9.17) is 9.26 Å². The average Bonchev–Trinajstić information content (AvgIpc) is 3.06. The highest BCUT2D eigenvalue weighted by molar-refractivity contribution is 5.77. The lowest BCUT2D eigenvalue weighted by Crippen LogP contribution is -2.35. The lowest BCUT2D eigenvalue weighted by atomic mass is 10.1.